The molecular weight excluding hydrogens is 704 g/mol. The summed E-state index contributed by atoms with van der Waals surface area (Å²) in [7, 11) is 2.66. The van der Waals surface area contributed by atoms with E-state index in [1.165, 1.54) is 60.3 Å². The maximum atomic E-state index is 14.2. The van der Waals surface area contributed by atoms with Crippen LogP contribution in [0.1, 0.15) is 70.0 Å². The number of carbonyl (C=O) groups is 3. The first-order chi connectivity index (χ1) is 25.3. The fourth-order valence-corrected chi connectivity index (χ4v) is 6.98. The molecule has 3 aliphatic heterocycles. The molecule has 0 spiro atoms. The number of oxime groups is 1. The molecule has 0 aliphatic carbocycles. The van der Waals surface area contributed by atoms with Crippen LogP contribution in [0, 0.1) is 30.6 Å². The fraction of sp³-hybridized carbons (Fsp3) is 0.487. The van der Waals surface area contributed by atoms with E-state index >= 15 is 0 Å². The van der Waals surface area contributed by atoms with E-state index in [1.54, 1.807) is 39.8 Å². The second-order valence-corrected chi connectivity index (χ2v) is 14.0. The van der Waals surface area contributed by atoms with Gasteiger partial charge in [0.05, 0.1) is 53.0 Å². The number of hydrogen-bond acceptors (Lipinski definition) is 14. The molecule has 54 heavy (non-hydrogen) atoms. The van der Waals surface area contributed by atoms with Gasteiger partial charge in [0.1, 0.15) is 30.5 Å². The number of aliphatic hydroxyl groups is 2. The zero-order chi connectivity index (χ0) is 40.4. The molecular formula is C39H50N2O13. The number of hydrogen-bond donors (Lipinski definition) is 6. The molecule has 3 aliphatic rings. The number of ether oxygens (including phenoxy) is 4. The van der Waals surface area contributed by atoms with Crippen LogP contribution in [0.2, 0.25) is 0 Å². The highest BCUT2D eigenvalue weighted by atomic mass is 16.7. The lowest BCUT2D eigenvalue weighted by molar-refractivity contribution is -0.160. The number of nitrogens with zero attached hydrogens (tertiary/aromatic N) is 1. The molecule has 3 heterocycles. The van der Waals surface area contributed by atoms with E-state index in [0.29, 0.717) is 0 Å². The van der Waals surface area contributed by atoms with E-state index in [2.05, 4.69) is 10.5 Å². The van der Waals surface area contributed by atoms with Gasteiger partial charge in [-0.15, -0.1) is 0 Å². The van der Waals surface area contributed by atoms with Gasteiger partial charge >= 0.3 is 11.8 Å². The van der Waals surface area contributed by atoms with Crippen LogP contribution >= 0.6 is 0 Å². The lowest BCUT2D eigenvalue weighted by atomic mass is 9.78. The monoisotopic (exact) mass is 754 g/mol. The summed E-state index contributed by atoms with van der Waals surface area (Å²) in [6.45, 7) is 12.4. The molecule has 5 bridgehead atoms. The second kappa shape index (κ2) is 16.5. The molecule has 0 unspecified atom stereocenters. The SMILES string of the molecule is CO/N=C\c1c2c(O)c3c(O)c(C)c4c(c3c1O)C(=O)[C@@](C)(O/C=C/[C@H](OC)[C@@H](C)[C@@H](OC(C)=O)[C@H](C)[C@H](O)[C@H](C)[C@@H](O)[C@@H](C)/C=C/C=C(\C)C(=O)N2)O4. The summed E-state index contributed by atoms with van der Waals surface area (Å²) in [5, 5.41) is 63.0. The van der Waals surface area contributed by atoms with Crippen LogP contribution in [0.5, 0.6) is 23.0 Å². The van der Waals surface area contributed by atoms with Crippen LogP contribution in [0.4, 0.5) is 5.69 Å². The van der Waals surface area contributed by atoms with Gasteiger partial charge in [-0.2, -0.15) is 0 Å². The summed E-state index contributed by atoms with van der Waals surface area (Å²) in [4.78, 5) is 44.7. The van der Waals surface area contributed by atoms with Crippen molar-refractivity contribution in [3.63, 3.8) is 0 Å². The average Bonchev–Trinajstić information content (AvgIpc) is 3.39. The lowest BCUT2D eigenvalue weighted by Crippen LogP contribution is -2.46. The number of aromatic hydroxyl groups is 3. The number of Topliss-reactive ketones (excluding diaryl/α,β-unsaturated/α-hetero) is 1. The smallest absolute Gasteiger partial charge is 0.312 e. The van der Waals surface area contributed by atoms with Crippen LogP contribution in [0.15, 0.2) is 41.3 Å². The van der Waals surface area contributed by atoms with E-state index in [0.717, 1.165) is 6.21 Å². The number of carbonyl (C=O) groups excluding carboxylic acids is 3. The third kappa shape index (κ3) is 7.74. The number of esters is 1. The molecule has 5 rings (SSSR count). The van der Waals surface area contributed by atoms with E-state index < -0.39 is 88.8 Å². The van der Waals surface area contributed by atoms with Crippen molar-refractivity contribution >= 4 is 40.3 Å². The van der Waals surface area contributed by atoms with Crippen molar-refractivity contribution in [1.82, 2.24) is 0 Å². The second-order valence-electron chi connectivity index (χ2n) is 14.0. The van der Waals surface area contributed by atoms with Crippen LogP contribution < -0.4 is 10.1 Å². The molecule has 0 saturated heterocycles. The van der Waals surface area contributed by atoms with Gasteiger partial charge in [-0.25, -0.2) is 0 Å². The number of anilines is 1. The highest BCUT2D eigenvalue weighted by Crippen LogP contribution is 2.55. The predicted molar refractivity (Wildman–Crippen MR) is 198 cm³/mol. The van der Waals surface area contributed by atoms with Crippen molar-refractivity contribution in [3.8, 4) is 23.0 Å². The molecule has 0 fully saturated rings. The summed E-state index contributed by atoms with van der Waals surface area (Å²) in [6, 6.07) is 0. The largest absolute Gasteiger partial charge is 0.507 e. The first-order valence-electron chi connectivity index (χ1n) is 17.5. The summed E-state index contributed by atoms with van der Waals surface area (Å²) in [6.07, 6.45) is 4.44. The Morgan fingerprint density at radius 1 is 0.944 bits per heavy atom. The molecule has 15 heteroatoms. The molecule has 2 aromatic rings. The Kier molecular flexibility index (Phi) is 12.7. The molecule has 0 aromatic heterocycles. The highest BCUT2D eigenvalue weighted by molar-refractivity contribution is 6.23. The number of benzene rings is 2. The quantitative estimate of drug-likeness (QED) is 0.0818. The van der Waals surface area contributed by atoms with Crippen LogP contribution in [-0.4, -0.2) is 93.8 Å². The van der Waals surface area contributed by atoms with Gasteiger partial charge in [0.2, 0.25) is 0 Å². The van der Waals surface area contributed by atoms with Gasteiger partial charge in [-0.3, -0.25) is 14.4 Å². The Bertz CT molecular complexity index is 1920. The summed E-state index contributed by atoms with van der Waals surface area (Å²) in [5.74, 6) is -8.63. The van der Waals surface area contributed by atoms with Gasteiger partial charge in [-0.05, 0) is 19.9 Å². The normalized spacial score (nSPS) is 31.7. The first kappa shape index (κ1) is 41.6. The third-order valence-corrected chi connectivity index (χ3v) is 10.3. The van der Waals surface area contributed by atoms with Gasteiger partial charge < -0.3 is 54.6 Å². The number of amides is 1. The Hall–Kier alpha value is -5.12. The Labute approximate surface area is 313 Å². The first-order valence-corrected chi connectivity index (χ1v) is 17.5. The van der Waals surface area contributed by atoms with Gasteiger partial charge in [0.15, 0.2) is 5.75 Å². The number of methoxy groups -OCH3 is 1. The molecule has 0 radical (unpaired) electrons. The number of nitrogens with one attached hydrogen (secondary N) is 1. The minimum absolute atomic E-state index is 0.0323. The Morgan fingerprint density at radius 3 is 2.22 bits per heavy atom. The Morgan fingerprint density at radius 2 is 1.61 bits per heavy atom. The standard InChI is InChI=1S/C39H50N2O13/c1-17-12-11-13-18(2)38(49)41-29-24(16-40-51-10)33(46)26-27(34(29)47)32(45)22(6)36-28(26)37(48)39(8,54-36)52-15-14-25(50-9)19(3)35(53-23(7)42)21(5)31(44)20(4)30(17)43/h11-17,19-21,25,30-31,35,43-47H,1-10H3,(H,41,49)/b12-11+,15-14+,18-13+,40-16-/t17-,19+,20+,21+,25-,30-,31+,35+,39-/m0/s1. The number of allylic oxidation sites excluding steroid dienone is 2. The molecule has 6 N–H and O–H groups in total. The van der Waals surface area contributed by atoms with E-state index in [4.69, 9.17) is 23.8 Å². The predicted octanol–water partition coefficient (Wildman–Crippen LogP) is 4.73. The molecule has 2 aromatic carbocycles. The van der Waals surface area contributed by atoms with Crippen LogP contribution in [0.25, 0.3) is 10.8 Å². The van der Waals surface area contributed by atoms with Crippen molar-refractivity contribution < 1.29 is 63.7 Å². The third-order valence-electron chi connectivity index (χ3n) is 10.3. The number of fused-ring (bicyclic) bond motifs is 14. The lowest BCUT2D eigenvalue weighted by Gasteiger charge is -2.38. The number of rotatable bonds is 4. The zero-order valence-corrected chi connectivity index (χ0v) is 32.0. The number of phenolic OH excluding ortho intramolecular Hbond substituents is 3. The van der Waals surface area contributed by atoms with Crippen molar-refractivity contribution in [1.29, 1.82) is 0 Å². The number of ketones is 1. The highest BCUT2D eigenvalue weighted by Gasteiger charge is 2.50. The summed E-state index contributed by atoms with van der Waals surface area (Å²) in [5.41, 5.74) is -0.636. The minimum atomic E-state index is -2.05. The van der Waals surface area contributed by atoms with Gasteiger partial charge in [0, 0.05) is 61.2 Å². The minimum Gasteiger partial charge on any atom is -0.507 e. The maximum Gasteiger partial charge on any atom is 0.312 e. The van der Waals surface area contributed by atoms with Crippen molar-refractivity contribution in [3.05, 3.63) is 52.8 Å². The van der Waals surface area contributed by atoms with E-state index in [-0.39, 0.29) is 44.5 Å². The zero-order valence-electron chi connectivity index (χ0n) is 32.0. The van der Waals surface area contributed by atoms with Crippen molar-refractivity contribution in [2.45, 2.75) is 85.6 Å². The number of phenols is 3. The van der Waals surface area contributed by atoms with E-state index in [9.17, 15) is 39.9 Å². The topological polar surface area (TPSA) is 223 Å². The summed E-state index contributed by atoms with van der Waals surface area (Å²) < 4.78 is 23.3. The molecule has 9 atom stereocenters. The van der Waals surface area contributed by atoms with E-state index in [1.807, 2.05) is 0 Å². The molecule has 0 saturated carbocycles. The molecule has 1 amide bonds. The van der Waals surface area contributed by atoms with Gasteiger partial charge in [-0.1, -0.05) is 51.1 Å². The van der Waals surface area contributed by atoms with Crippen LogP contribution in [0.3, 0.4) is 0 Å². The van der Waals surface area contributed by atoms with Crippen LogP contribution in [-0.2, 0) is 28.6 Å². The maximum absolute atomic E-state index is 14.2. The van der Waals surface area contributed by atoms with Crippen molar-refractivity contribution in [2.75, 3.05) is 19.5 Å². The summed E-state index contributed by atoms with van der Waals surface area (Å²) >= 11 is 0. The van der Waals surface area contributed by atoms with Gasteiger partial charge in [0.25, 0.3) is 11.7 Å². The fourth-order valence-electron chi connectivity index (χ4n) is 6.98. The van der Waals surface area contributed by atoms with Crippen molar-refractivity contribution in [2.24, 2.45) is 28.8 Å². The number of aliphatic hydroxyl groups excluding tert-OH is 2. The molecule has 294 valence electrons. The Balaban J connectivity index is 1.96. The molecule has 15 nitrogen and oxygen atoms in total. The average molecular weight is 755 g/mol.